The molecule has 2 aromatic carbocycles. The molecule has 1 saturated heterocycles. The molecule has 1 atom stereocenters. The summed E-state index contributed by atoms with van der Waals surface area (Å²) >= 11 is 1.40. The Morgan fingerprint density at radius 1 is 1.00 bits per heavy atom. The standard InChI is InChI=1S/C16H14N2O2S/c17-11-6-8-13(9-7-11)21-14-10-15(19)18(16(14)20)12-4-2-1-3-5-12/h1-9,14H,10,17H2/t14-/m1/s1. The molecule has 2 aromatic rings. The highest BCUT2D eigenvalue weighted by Crippen LogP contribution is 2.34. The van der Waals surface area contributed by atoms with Gasteiger partial charge in [-0.25, -0.2) is 4.90 Å². The van der Waals surface area contributed by atoms with E-state index in [1.54, 1.807) is 24.3 Å². The summed E-state index contributed by atoms with van der Waals surface area (Å²) in [6.45, 7) is 0. The summed E-state index contributed by atoms with van der Waals surface area (Å²) < 4.78 is 0. The van der Waals surface area contributed by atoms with Gasteiger partial charge < -0.3 is 5.73 Å². The van der Waals surface area contributed by atoms with Crippen LogP contribution < -0.4 is 10.6 Å². The Morgan fingerprint density at radius 3 is 2.33 bits per heavy atom. The van der Waals surface area contributed by atoms with Crippen LogP contribution in [-0.2, 0) is 9.59 Å². The lowest BCUT2D eigenvalue weighted by Gasteiger charge is -2.14. The van der Waals surface area contributed by atoms with Gasteiger partial charge in [0.25, 0.3) is 0 Å². The number of nitrogens with zero attached hydrogens (tertiary/aromatic N) is 1. The fourth-order valence-electron chi connectivity index (χ4n) is 2.26. The van der Waals surface area contributed by atoms with E-state index in [0.29, 0.717) is 11.4 Å². The van der Waals surface area contributed by atoms with Crippen molar-refractivity contribution in [1.82, 2.24) is 0 Å². The average molecular weight is 298 g/mol. The normalized spacial score (nSPS) is 18.3. The third-order valence-corrected chi connectivity index (χ3v) is 4.48. The monoisotopic (exact) mass is 298 g/mol. The number of hydrogen-bond acceptors (Lipinski definition) is 4. The molecule has 0 radical (unpaired) electrons. The number of nitrogens with two attached hydrogens (primary N) is 1. The number of nitrogen functional groups attached to an aromatic ring is 1. The molecule has 0 aliphatic carbocycles. The summed E-state index contributed by atoms with van der Waals surface area (Å²) in [6, 6.07) is 16.3. The number of hydrogen-bond donors (Lipinski definition) is 1. The Hall–Kier alpha value is -2.27. The second-order valence-corrected chi connectivity index (χ2v) is 6.06. The number of thioether (sulfide) groups is 1. The lowest BCUT2D eigenvalue weighted by Crippen LogP contribution is -2.30. The first-order valence-electron chi connectivity index (χ1n) is 6.59. The van der Waals surface area contributed by atoms with E-state index in [1.807, 2.05) is 30.3 Å². The average Bonchev–Trinajstić information content (AvgIpc) is 2.77. The molecule has 5 heteroatoms. The van der Waals surface area contributed by atoms with Gasteiger partial charge in [-0.15, -0.1) is 11.8 Å². The van der Waals surface area contributed by atoms with Gasteiger partial charge in [0, 0.05) is 17.0 Å². The zero-order chi connectivity index (χ0) is 14.8. The number of anilines is 2. The van der Waals surface area contributed by atoms with Crippen LogP contribution >= 0.6 is 11.8 Å². The van der Waals surface area contributed by atoms with E-state index in [1.165, 1.54) is 16.7 Å². The highest BCUT2D eigenvalue weighted by molar-refractivity contribution is 8.00. The number of carbonyl (C=O) groups excluding carboxylic acids is 2. The van der Waals surface area contributed by atoms with Crippen molar-refractivity contribution in [2.75, 3.05) is 10.6 Å². The number of amides is 2. The van der Waals surface area contributed by atoms with E-state index in [4.69, 9.17) is 5.73 Å². The fraction of sp³-hybridized carbons (Fsp3) is 0.125. The summed E-state index contributed by atoms with van der Waals surface area (Å²) in [5.74, 6) is -0.313. The van der Waals surface area contributed by atoms with E-state index < -0.39 is 0 Å². The molecule has 0 aromatic heterocycles. The van der Waals surface area contributed by atoms with Gasteiger partial charge in [-0.2, -0.15) is 0 Å². The second kappa shape index (κ2) is 5.61. The van der Waals surface area contributed by atoms with Crippen LogP contribution in [0.4, 0.5) is 11.4 Å². The molecule has 0 saturated carbocycles. The molecule has 1 aliphatic heterocycles. The summed E-state index contributed by atoms with van der Waals surface area (Å²) in [5, 5.41) is -0.374. The topological polar surface area (TPSA) is 63.4 Å². The molecular formula is C16H14N2O2S. The highest BCUT2D eigenvalue weighted by atomic mass is 32.2. The van der Waals surface area contributed by atoms with Crippen LogP contribution in [0.1, 0.15) is 6.42 Å². The van der Waals surface area contributed by atoms with E-state index in [-0.39, 0.29) is 23.5 Å². The first-order chi connectivity index (χ1) is 10.1. The maximum Gasteiger partial charge on any atom is 0.247 e. The maximum atomic E-state index is 12.4. The number of benzene rings is 2. The van der Waals surface area contributed by atoms with Crippen LogP contribution in [0.2, 0.25) is 0 Å². The van der Waals surface area contributed by atoms with Crippen molar-refractivity contribution in [1.29, 1.82) is 0 Å². The van der Waals surface area contributed by atoms with Crippen LogP contribution in [0.5, 0.6) is 0 Å². The molecule has 4 nitrogen and oxygen atoms in total. The summed E-state index contributed by atoms with van der Waals surface area (Å²) in [4.78, 5) is 26.8. The van der Waals surface area contributed by atoms with Crippen molar-refractivity contribution in [2.24, 2.45) is 0 Å². The molecule has 21 heavy (non-hydrogen) atoms. The summed E-state index contributed by atoms with van der Waals surface area (Å²) in [7, 11) is 0. The molecular weight excluding hydrogens is 284 g/mol. The number of para-hydroxylation sites is 1. The Kier molecular flexibility index (Phi) is 3.66. The molecule has 1 fully saturated rings. The second-order valence-electron chi connectivity index (χ2n) is 4.78. The van der Waals surface area contributed by atoms with Gasteiger partial charge >= 0.3 is 0 Å². The molecule has 2 N–H and O–H groups in total. The van der Waals surface area contributed by atoms with Gasteiger partial charge in [-0.1, -0.05) is 18.2 Å². The summed E-state index contributed by atoms with van der Waals surface area (Å²) in [6.07, 6.45) is 0.225. The van der Waals surface area contributed by atoms with Crippen molar-refractivity contribution >= 4 is 35.0 Å². The first-order valence-corrected chi connectivity index (χ1v) is 7.47. The zero-order valence-corrected chi connectivity index (χ0v) is 12.0. The lowest BCUT2D eigenvalue weighted by atomic mass is 10.3. The number of imide groups is 1. The molecule has 0 bridgehead atoms. The molecule has 2 amide bonds. The molecule has 3 rings (SSSR count). The Balaban J connectivity index is 1.79. The Morgan fingerprint density at radius 2 is 1.67 bits per heavy atom. The minimum Gasteiger partial charge on any atom is -0.399 e. The SMILES string of the molecule is Nc1ccc(S[C@@H]2CC(=O)N(c3ccccc3)C2=O)cc1. The van der Waals surface area contributed by atoms with Crippen LogP contribution in [0.3, 0.4) is 0 Å². The van der Waals surface area contributed by atoms with Crippen LogP contribution in [-0.4, -0.2) is 17.1 Å². The van der Waals surface area contributed by atoms with Crippen molar-refractivity contribution in [3.05, 3.63) is 54.6 Å². The minimum absolute atomic E-state index is 0.154. The highest BCUT2D eigenvalue weighted by Gasteiger charge is 2.39. The Labute approximate surface area is 126 Å². The van der Waals surface area contributed by atoms with E-state index in [2.05, 4.69) is 0 Å². The minimum atomic E-state index is -0.374. The smallest absolute Gasteiger partial charge is 0.247 e. The first kappa shape index (κ1) is 13.7. The molecule has 1 heterocycles. The quantitative estimate of drug-likeness (QED) is 0.699. The van der Waals surface area contributed by atoms with Crippen molar-refractivity contribution in [3.8, 4) is 0 Å². The van der Waals surface area contributed by atoms with Gasteiger partial charge in [0.1, 0.15) is 0 Å². The van der Waals surface area contributed by atoms with Gasteiger partial charge in [0.2, 0.25) is 11.8 Å². The van der Waals surface area contributed by atoms with Crippen LogP contribution in [0.15, 0.2) is 59.5 Å². The van der Waals surface area contributed by atoms with Crippen LogP contribution in [0.25, 0.3) is 0 Å². The van der Waals surface area contributed by atoms with Crippen LogP contribution in [0, 0.1) is 0 Å². The third-order valence-electron chi connectivity index (χ3n) is 3.28. The Bertz CT molecular complexity index is 670. The number of carbonyl (C=O) groups is 2. The third kappa shape index (κ3) is 2.78. The number of rotatable bonds is 3. The molecule has 0 spiro atoms. The van der Waals surface area contributed by atoms with Gasteiger partial charge in [0.15, 0.2) is 0 Å². The van der Waals surface area contributed by atoms with Gasteiger partial charge in [-0.05, 0) is 36.4 Å². The maximum absolute atomic E-state index is 12.4. The molecule has 0 unspecified atom stereocenters. The largest absolute Gasteiger partial charge is 0.399 e. The predicted molar refractivity (Wildman–Crippen MR) is 84.1 cm³/mol. The molecule has 106 valence electrons. The predicted octanol–water partition coefficient (Wildman–Crippen LogP) is 2.69. The van der Waals surface area contributed by atoms with E-state index in [0.717, 1.165) is 4.90 Å². The van der Waals surface area contributed by atoms with E-state index in [9.17, 15) is 9.59 Å². The van der Waals surface area contributed by atoms with Crippen molar-refractivity contribution < 1.29 is 9.59 Å². The van der Waals surface area contributed by atoms with Gasteiger partial charge in [-0.3, -0.25) is 9.59 Å². The van der Waals surface area contributed by atoms with Gasteiger partial charge in [0.05, 0.1) is 10.9 Å². The fourth-order valence-corrected chi connectivity index (χ4v) is 3.31. The van der Waals surface area contributed by atoms with Crippen molar-refractivity contribution in [2.45, 2.75) is 16.6 Å². The molecule has 1 aliphatic rings. The lowest BCUT2D eigenvalue weighted by molar-refractivity contribution is -0.121. The van der Waals surface area contributed by atoms with Crippen molar-refractivity contribution in [3.63, 3.8) is 0 Å². The summed E-state index contributed by atoms with van der Waals surface area (Å²) in [5.41, 5.74) is 6.96. The zero-order valence-electron chi connectivity index (χ0n) is 11.2. The van der Waals surface area contributed by atoms with E-state index >= 15 is 0 Å².